The van der Waals surface area contributed by atoms with Crippen LogP contribution >= 0.6 is 9.90 Å². The topological polar surface area (TPSA) is 20.2 Å². The van der Waals surface area contributed by atoms with Crippen molar-refractivity contribution in [2.75, 3.05) is 0 Å². The molecule has 1 unspecified atom stereocenters. The second kappa shape index (κ2) is 3.58. The molecule has 0 bridgehead atoms. The Bertz CT molecular complexity index is 200. The van der Waals surface area contributed by atoms with Gasteiger partial charge < -0.3 is 5.11 Å². The van der Waals surface area contributed by atoms with E-state index in [1.807, 2.05) is 32.0 Å². The molecule has 0 aliphatic heterocycles. The monoisotopic (exact) mass is 156 g/mol. The zero-order chi connectivity index (χ0) is 6.85. The van der Waals surface area contributed by atoms with Crippen LogP contribution in [0.3, 0.4) is 0 Å². The van der Waals surface area contributed by atoms with Gasteiger partial charge in [0.2, 0.25) is 0 Å². The summed E-state index contributed by atoms with van der Waals surface area (Å²) in [5.41, 5.74) is 1.88. The van der Waals surface area contributed by atoms with Gasteiger partial charge in [0.05, 0.1) is 0 Å². The lowest BCUT2D eigenvalue weighted by Crippen LogP contribution is -1.76. The minimum Gasteiger partial charge on any atom is -0.507 e. The van der Waals surface area contributed by atoms with Crippen LogP contribution < -0.4 is 0 Å². The van der Waals surface area contributed by atoms with Gasteiger partial charge >= 0.3 is 0 Å². The van der Waals surface area contributed by atoms with E-state index in [1.54, 1.807) is 0 Å². The fourth-order valence-corrected chi connectivity index (χ4v) is 0.806. The number of hydrogen-bond donors (Lipinski definition) is 1. The van der Waals surface area contributed by atoms with Crippen molar-refractivity contribution in [3.63, 3.8) is 0 Å². The average molecular weight is 156 g/mol. The van der Waals surface area contributed by atoms with E-state index in [9.17, 15) is 5.11 Å². The van der Waals surface area contributed by atoms with Gasteiger partial charge in [0.15, 0.2) is 0 Å². The third-order valence-electron chi connectivity index (χ3n) is 1.44. The Balaban J connectivity index is 0.000000810. The molecule has 1 atom stereocenters. The van der Waals surface area contributed by atoms with Gasteiger partial charge in [-0.15, -0.1) is 0 Å². The molecule has 1 rings (SSSR count). The number of rotatable bonds is 0. The second-order valence-corrected chi connectivity index (χ2v) is 2.24. The highest BCUT2D eigenvalue weighted by Gasteiger charge is 1.95. The first-order valence-electron chi connectivity index (χ1n) is 2.97. The predicted octanol–water partition coefficient (Wildman–Crippen LogP) is 2.07. The summed E-state index contributed by atoms with van der Waals surface area (Å²) in [5, 5.41) is 9.21. The molecular formula is C8H13OP. The van der Waals surface area contributed by atoms with Gasteiger partial charge in [0.1, 0.15) is 5.75 Å². The number of para-hydroxylation sites is 1. The van der Waals surface area contributed by atoms with Crippen LogP contribution in [0.4, 0.5) is 0 Å². The maximum atomic E-state index is 9.21. The number of benzene rings is 1. The van der Waals surface area contributed by atoms with E-state index < -0.39 is 0 Å². The van der Waals surface area contributed by atoms with Gasteiger partial charge in [-0.3, -0.25) is 0 Å². The molecule has 0 saturated heterocycles. The van der Waals surface area contributed by atoms with E-state index in [0.717, 1.165) is 11.1 Å². The smallest absolute Gasteiger partial charge is 0.121 e. The minimum atomic E-state index is 0. The first-order chi connectivity index (χ1) is 4.22. The highest BCUT2D eigenvalue weighted by atomic mass is 31.0. The molecule has 1 N–H and O–H groups in total. The summed E-state index contributed by atoms with van der Waals surface area (Å²) in [6.07, 6.45) is 0. The Morgan fingerprint density at radius 2 is 1.50 bits per heavy atom. The molecule has 1 nitrogen and oxygen atoms in total. The second-order valence-electron chi connectivity index (χ2n) is 2.24. The summed E-state index contributed by atoms with van der Waals surface area (Å²) >= 11 is 0. The first-order valence-corrected chi connectivity index (χ1v) is 2.97. The van der Waals surface area contributed by atoms with Crippen molar-refractivity contribution < 1.29 is 5.11 Å². The molecule has 0 fully saturated rings. The van der Waals surface area contributed by atoms with Crippen molar-refractivity contribution in [1.82, 2.24) is 0 Å². The molecular weight excluding hydrogens is 143 g/mol. The van der Waals surface area contributed by atoms with Crippen LogP contribution in [0.1, 0.15) is 11.1 Å². The number of aromatic hydroxyl groups is 1. The summed E-state index contributed by atoms with van der Waals surface area (Å²) in [4.78, 5) is 0. The Hall–Kier alpha value is -0.550. The Kier molecular flexibility index (Phi) is 3.38. The van der Waals surface area contributed by atoms with E-state index in [0.29, 0.717) is 5.75 Å². The van der Waals surface area contributed by atoms with Crippen LogP contribution in [0, 0.1) is 13.8 Å². The maximum Gasteiger partial charge on any atom is 0.121 e. The van der Waals surface area contributed by atoms with Gasteiger partial charge in [-0.05, 0) is 25.0 Å². The zero-order valence-corrected chi connectivity index (χ0v) is 7.80. The third kappa shape index (κ3) is 1.71. The van der Waals surface area contributed by atoms with Crippen molar-refractivity contribution in [2.45, 2.75) is 13.8 Å². The molecule has 56 valence electrons. The summed E-state index contributed by atoms with van der Waals surface area (Å²) in [5.74, 6) is 0.414. The predicted molar refractivity (Wildman–Crippen MR) is 48.7 cm³/mol. The summed E-state index contributed by atoms with van der Waals surface area (Å²) < 4.78 is 0. The van der Waals surface area contributed by atoms with Crippen molar-refractivity contribution >= 4 is 9.90 Å². The van der Waals surface area contributed by atoms with Crippen molar-refractivity contribution in [2.24, 2.45) is 0 Å². The van der Waals surface area contributed by atoms with Crippen LogP contribution in [0.2, 0.25) is 0 Å². The number of aryl methyl sites for hydroxylation is 2. The summed E-state index contributed by atoms with van der Waals surface area (Å²) in [6, 6.07) is 5.72. The van der Waals surface area contributed by atoms with Crippen molar-refractivity contribution in [3.05, 3.63) is 29.3 Å². The van der Waals surface area contributed by atoms with Gasteiger partial charge in [-0.25, -0.2) is 0 Å². The molecule has 0 radical (unpaired) electrons. The van der Waals surface area contributed by atoms with E-state index >= 15 is 0 Å². The molecule has 10 heavy (non-hydrogen) atoms. The fourth-order valence-electron chi connectivity index (χ4n) is 0.806. The maximum absolute atomic E-state index is 9.21. The SMILES string of the molecule is Cc1cccc(C)c1O.P. The average Bonchev–Trinajstić information content (AvgIpc) is 1.83. The van der Waals surface area contributed by atoms with Crippen molar-refractivity contribution in [3.8, 4) is 5.75 Å². The van der Waals surface area contributed by atoms with Crippen LogP contribution in [-0.4, -0.2) is 5.11 Å². The number of phenols is 1. The van der Waals surface area contributed by atoms with Gasteiger partial charge in [-0.1, -0.05) is 18.2 Å². The summed E-state index contributed by atoms with van der Waals surface area (Å²) in [7, 11) is 0. The van der Waals surface area contributed by atoms with E-state index in [1.165, 1.54) is 0 Å². The molecule has 1 aromatic rings. The van der Waals surface area contributed by atoms with Crippen molar-refractivity contribution in [1.29, 1.82) is 0 Å². The normalized spacial score (nSPS) is 8.60. The lowest BCUT2D eigenvalue weighted by atomic mass is 10.1. The Morgan fingerprint density at radius 3 is 1.80 bits per heavy atom. The molecule has 0 amide bonds. The van der Waals surface area contributed by atoms with E-state index in [-0.39, 0.29) is 9.90 Å². The lowest BCUT2D eigenvalue weighted by molar-refractivity contribution is 0.467. The van der Waals surface area contributed by atoms with Crippen LogP contribution in [0.5, 0.6) is 5.75 Å². The largest absolute Gasteiger partial charge is 0.507 e. The summed E-state index contributed by atoms with van der Waals surface area (Å²) in [6.45, 7) is 3.78. The molecule has 0 saturated carbocycles. The minimum absolute atomic E-state index is 0. The quantitative estimate of drug-likeness (QED) is 0.570. The molecule has 0 aliphatic rings. The molecule has 2 heteroatoms. The van der Waals surface area contributed by atoms with Gasteiger partial charge in [0, 0.05) is 0 Å². The lowest BCUT2D eigenvalue weighted by Gasteiger charge is -1.99. The molecule has 1 aromatic carbocycles. The third-order valence-corrected chi connectivity index (χ3v) is 1.44. The highest BCUT2D eigenvalue weighted by Crippen LogP contribution is 2.19. The Labute approximate surface area is 64.7 Å². The van der Waals surface area contributed by atoms with Crippen LogP contribution in [0.25, 0.3) is 0 Å². The number of hydrogen-bond acceptors (Lipinski definition) is 1. The van der Waals surface area contributed by atoms with Gasteiger partial charge in [-0.2, -0.15) is 9.90 Å². The van der Waals surface area contributed by atoms with Crippen LogP contribution in [0.15, 0.2) is 18.2 Å². The standard InChI is InChI=1S/C8H10O.H3P/c1-6-4-3-5-7(2)8(6)9;/h3-5,9H,1-2H3;1H3. The molecule has 0 heterocycles. The first kappa shape index (κ1) is 9.45. The van der Waals surface area contributed by atoms with Gasteiger partial charge in [0.25, 0.3) is 0 Å². The Morgan fingerprint density at radius 1 is 1.10 bits per heavy atom. The zero-order valence-electron chi connectivity index (χ0n) is 6.39. The van der Waals surface area contributed by atoms with E-state index in [2.05, 4.69) is 0 Å². The molecule has 0 aromatic heterocycles. The fraction of sp³-hybridized carbons (Fsp3) is 0.250. The van der Waals surface area contributed by atoms with E-state index in [4.69, 9.17) is 0 Å². The number of phenolic OH excluding ortho intramolecular Hbond substituents is 1. The highest BCUT2D eigenvalue weighted by molar-refractivity contribution is 6.92. The molecule has 0 spiro atoms. The van der Waals surface area contributed by atoms with Crippen LogP contribution in [-0.2, 0) is 0 Å². The molecule has 0 aliphatic carbocycles.